The fraction of sp³-hybridized carbons (Fsp3) is 0.929. The van der Waals surface area contributed by atoms with E-state index in [1.807, 2.05) is 6.92 Å². The van der Waals surface area contributed by atoms with Crippen molar-refractivity contribution in [2.45, 2.75) is 79.4 Å². The topological polar surface area (TPSA) is 41.1 Å². The summed E-state index contributed by atoms with van der Waals surface area (Å²) in [6.07, 6.45) is 2.13. The van der Waals surface area contributed by atoms with Crippen LogP contribution >= 0.6 is 0 Å². The van der Waals surface area contributed by atoms with Gasteiger partial charge in [-0.3, -0.25) is 4.79 Å². The Morgan fingerprint density at radius 1 is 1.18 bits per heavy atom. The van der Waals surface area contributed by atoms with Gasteiger partial charge in [-0.15, -0.1) is 0 Å². The Morgan fingerprint density at radius 2 is 1.71 bits per heavy atom. The van der Waals surface area contributed by atoms with Crippen molar-refractivity contribution in [1.29, 1.82) is 0 Å². The van der Waals surface area contributed by atoms with Crippen molar-refractivity contribution in [3.8, 4) is 0 Å². The molecule has 0 aromatic rings. The van der Waals surface area contributed by atoms with Gasteiger partial charge >= 0.3 is 0 Å². The number of carbonyl (C=O) groups is 1. The first-order valence-electron chi connectivity index (χ1n) is 6.74. The SMILES string of the molecule is CCCC(C)NC(=O)C(C)NC(C)C(C)(C)C. The number of hydrogen-bond acceptors (Lipinski definition) is 2. The van der Waals surface area contributed by atoms with Crippen LogP contribution in [0.3, 0.4) is 0 Å². The molecule has 0 heterocycles. The smallest absolute Gasteiger partial charge is 0.237 e. The Hall–Kier alpha value is -0.570. The summed E-state index contributed by atoms with van der Waals surface area (Å²) in [5.74, 6) is 0.0991. The van der Waals surface area contributed by atoms with Gasteiger partial charge in [-0.25, -0.2) is 0 Å². The minimum Gasteiger partial charge on any atom is -0.352 e. The molecule has 17 heavy (non-hydrogen) atoms. The average Bonchev–Trinajstić information content (AvgIpc) is 2.16. The van der Waals surface area contributed by atoms with Crippen LogP contribution < -0.4 is 10.6 Å². The van der Waals surface area contributed by atoms with Gasteiger partial charge in [0.05, 0.1) is 6.04 Å². The highest BCUT2D eigenvalue weighted by Crippen LogP contribution is 2.18. The predicted octanol–water partition coefficient (Wildman–Crippen LogP) is 2.70. The van der Waals surface area contributed by atoms with Gasteiger partial charge in [-0.1, -0.05) is 34.1 Å². The summed E-state index contributed by atoms with van der Waals surface area (Å²) in [5.41, 5.74) is 0.170. The monoisotopic (exact) mass is 242 g/mol. The van der Waals surface area contributed by atoms with Crippen molar-refractivity contribution < 1.29 is 4.79 Å². The van der Waals surface area contributed by atoms with Crippen molar-refractivity contribution in [2.75, 3.05) is 0 Å². The Balaban J connectivity index is 4.14. The van der Waals surface area contributed by atoms with Gasteiger partial charge in [0.25, 0.3) is 0 Å². The zero-order chi connectivity index (χ0) is 13.6. The first-order chi connectivity index (χ1) is 7.68. The van der Waals surface area contributed by atoms with Crippen LogP contribution in [0, 0.1) is 5.41 Å². The third kappa shape index (κ3) is 6.67. The van der Waals surface area contributed by atoms with Crippen molar-refractivity contribution in [2.24, 2.45) is 5.41 Å². The highest BCUT2D eigenvalue weighted by Gasteiger charge is 2.24. The maximum Gasteiger partial charge on any atom is 0.237 e. The molecular formula is C14H30N2O. The lowest BCUT2D eigenvalue weighted by molar-refractivity contribution is -0.123. The average molecular weight is 242 g/mol. The summed E-state index contributed by atoms with van der Waals surface area (Å²) in [5, 5.41) is 6.39. The van der Waals surface area contributed by atoms with E-state index in [2.05, 4.69) is 52.2 Å². The minimum atomic E-state index is -0.136. The highest BCUT2D eigenvalue weighted by molar-refractivity contribution is 5.81. The normalized spacial score (nSPS) is 17.4. The molecule has 2 N–H and O–H groups in total. The van der Waals surface area contributed by atoms with E-state index in [4.69, 9.17) is 0 Å². The quantitative estimate of drug-likeness (QED) is 0.752. The van der Waals surface area contributed by atoms with Crippen LogP contribution in [0.15, 0.2) is 0 Å². The molecule has 3 atom stereocenters. The summed E-state index contributed by atoms with van der Waals surface area (Å²) in [4.78, 5) is 11.9. The van der Waals surface area contributed by atoms with Crippen LogP contribution in [-0.2, 0) is 4.79 Å². The van der Waals surface area contributed by atoms with E-state index >= 15 is 0 Å². The zero-order valence-corrected chi connectivity index (χ0v) is 12.6. The fourth-order valence-electron chi connectivity index (χ4n) is 1.57. The number of rotatable bonds is 6. The standard InChI is InChI=1S/C14H30N2O/c1-8-9-10(2)15-13(17)11(3)16-12(4)14(5,6)7/h10-12,16H,8-9H2,1-7H3,(H,15,17). The summed E-state index contributed by atoms with van der Waals surface area (Å²) in [6, 6.07) is 0.440. The van der Waals surface area contributed by atoms with E-state index in [0.717, 1.165) is 12.8 Å². The molecule has 0 aliphatic heterocycles. The molecule has 0 aliphatic rings. The van der Waals surface area contributed by atoms with E-state index in [1.165, 1.54) is 0 Å². The molecule has 102 valence electrons. The third-order valence-corrected chi connectivity index (χ3v) is 3.30. The van der Waals surface area contributed by atoms with E-state index in [1.54, 1.807) is 0 Å². The maximum absolute atomic E-state index is 11.9. The molecule has 0 spiro atoms. The molecule has 1 amide bonds. The molecule has 3 heteroatoms. The van der Waals surface area contributed by atoms with Gasteiger partial charge in [0.1, 0.15) is 0 Å². The Bertz CT molecular complexity index is 233. The first kappa shape index (κ1) is 16.4. The van der Waals surface area contributed by atoms with Crippen LogP contribution in [0.1, 0.15) is 61.3 Å². The summed E-state index contributed by atoms with van der Waals surface area (Å²) in [6.45, 7) is 14.8. The Kier molecular flexibility index (Phi) is 6.76. The summed E-state index contributed by atoms with van der Waals surface area (Å²) >= 11 is 0. The molecular weight excluding hydrogens is 212 g/mol. The lowest BCUT2D eigenvalue weighted by atomic mass is 9.87. The van der Waals surface area contributed by atoms with Crippen molar-refractivity contribution in [1.82, 2.24) is 10.6 Å². The van der Waals surface area contributed by atoms with Crippen LogP contribution in [0.2, 0.25) is 0 Å². The van der Waals surface area contributed by atoms with Gasteiger partial charge in [0.2, 0.25) is 5.91 Å². The molecule has 0 rings (SSSR count). The van der Waals surface area contributed by atoms with Gasteiger partial charge < -0.3 is 10.6 Å². The number of carbonyl (C=O) groups excluding carboxylic acids is 1. The molecule has 0 aromatic carbocycles. The molecule has 0 radical (unpaired) electrons. The largest absolute Gasteiger partial charge is 0.352 e. The second-order valence-corrected chi connectivity index (χ2v) is 6.17. The van der Waals surface area contributed by atoms with Gasteiger partial charge in [0.15, 0.2) is 0 Å². The van der Waals surface area contributed by atoms with Crippen LogP contribution in [0.25, 0.3) is 0 Å². The van der Waals surface area contributed by atoms with E-state index in [-0.39, 0.29) is 23.4 Å². The van der Waals surface area contributed by atoms with Gasteiger partial charge in [-0.2, -0.15) is 0 Å². The lowest BCUT2D eigenvalue weighted by Gasteiger charge is -2.31. The molecule has 0 fully saturated rings. The number of amides is 1. The minimum absolute atomic E-state index is 0.0991. The van der Waals surface area contributed by atoms with Gasteiger partial charge in [-0.05, 0) is 32.6 Å². The molecule has 0 aromatic heterocycles. The molecule has 3 nitrogen and oxygen atoms in total. The number of nitrogens with one attached hydrogen (secondary N) is 2. The van der Waals surface area contributed by atoms with E-state index in [0.29, 0.717) is 6.04 Å². The van der Waals surface area contributed by atoms with Crippen LogP contribution in [0.5, 0.6) is 0 Å². The third-order valence-electron chi connectivity index (χ3n) is 3.30. The van der Waals surface area contributed by atoms with Crippen molar-refractivity contribution >= 4 is 5.91 Å². The lowest BCUT2D eigenvalue weighted by Crippen LogP contribution is -2.51. The zero-order valence-electron chi connectivity index (χ0n) is 12.6. The molecule has 0 saturated carbocycles. The predicted molar refractivity (Wildman–Crippen MR) is 74.0 cm³/mol. The second kappa shape index (κ2) is 7.00. The molecule has 0 bridgehead atoms. The van der Waals surface area contributed by atoms with Crippen LogP contribution in [0.4, 0.5) is 0 Å². The Morgan fingerprint density at radius 3 is 2.12 bits per heavy atom. The summed E-state index contributed by atoms with van der Waals surface area (Å²) in [7, 11) is 0. The van der Waals surface area contributed by atoms with Crippen molar-refractivity contribution in [3.05, 3.63) is 0 Å². The van der Waals surface area contributed by atoms with E-state index < -0.39 is 0 Å². The fourth-order valence-corrected chi connectivity index (χ4v) is 1.57. The molecule has 3 unspecified atom stereocenters. The molecule has 0 saturated heterocycles. The van der Waals surface area contributed by atoms with Crippen LogP contribution in [-0.4, -0.2) is 24.0 Å². The maximum atomic E-state index is 11.9. The van der Waals surface area contributed by atoms with Crippen molar-refractivity contribution in [3.63, 3.8) is 0 Å². The van der Waals surface area contributed by atoms with Gasteiger partial charge in [0, 0.05) is 12.1 Å². The first-order valence-corrected chi connectivity index (χ1v) is 6.74. The van der Waals surface area contributed by atoms with E-state index in [9.17, 15) is 4.79 Å². The Labute approximate surface area is 107 Å². The molecule has 0 aliphatic carbocycles. The summed E-state index contributed by atoms with van der Waals surface area (Å²) < 4.78 is 0. The number of hydrogen-bond donors (Lipinski definition) is 2. The second-order valence-electron chi connectivity index (χ2n) is 6.17. The highest BCUT2D eigenvalue weighted by atomic mass is 16.2.